The molecule has 0 heterocycles. The molecule has 0 atom stereocenters. The van der Waals surface area contributed by atoms with Crippen molar-refractivity contribution in [2.75, 3.05) is 40.3 Å². The molecule has 0 aliphatic rings. The second-order valence-electron chi connectivity index (χ2n) is 15.5. The Balaban J connectivity index is -0.000000886. The Morgan fingerprint density at radius 3 is 0.686 bits per heavy atom. The number of hydrogen-bond donors (Lipinski definition) is 2. The van der Waals surface area contributed by atoms with E-state index in [9.17, 15) is 9.59 Å². The Bertz CT molecular complexity index is 626. The van der Waals surface area contributed by atoms with Gasteiger partial charge in [-0.2, -0.15) is 0 Å². The minimum absolute atomic E-state index is 0. The Morgan fingerprint density at radius 2 is 0.510 bits per heavy atom. The van der Waals surface area contributed by atoms with E-state index in [0.29, 0.717) is 13.1 Å². The van der Waals surface area contributed by atoms with Crippen molar-refractivity contribution < 1.29 is 36.9 Å². The van der Waals surface area contributed by atoms with Gasteiger partial charge in [0.1, 0.15) is 0 Å². The van der Waals surface area contributed by atoms with E-state index in [2.05, 4.69) is 23.6 Å². The van der Waals surface area contributed by atoms with Gasteiger partial charge < -0.3 is 20.0 Å². The normalized spacial score (nSPS) is 11.1. The molecule has 0 radical (unpaired) electrons. The molecule has 0 spiro atoms. The van der Waals surface area contributed by atoms with E-state index in [1.54, 1.807) is 0 Å². The van der Waals surface area contributed by atoms with Crippen molar-refractivity contribution in [3.05, 3.63) is 0 Å². The third-order valence-corrected chi connectivity index (χ3v) is 10.2. The van der Waals surface area contributed by atoms with Crippen molar-refractivity contribution >= 4 is 11.9 Å². The predicted molar refractivity (Wildman–Crippen MR) is 219 cm³/mol. The summed E-state index contributed by atoms with van der Waals surface area (Å²) in [6, 6.07) is 0. The number of carbonyl (C=O) groups is 2. The van der Waals surface area contributed by atoms with Gasteiger partial charge in [-0.1, -0.05) is 206 Å². The average molecular weight is 775 g/mol. The standard InChI is InChI=1S/2C22H45NO2.Cu/c2*1-3-4-5-6-7-8-9-10-11-12-13-14-15-16-17-18-20-23(2)21-19-22(24)25;/h2*3-21H2,1-2H3,(H,24,25);/q;;+1. The zero-order chi connectivity index (χ0) is 37.2. The second kappa shape index (κ2) is 47.4. The SMILES string of the molecule is CCCCCCCCCCCCCCCCCCN(C)CCC(=O)O.CCCCCCCCCCCCCCCCCCN(C)CCC(=O)O.[Cu+]. The molecule has 0 fully saturated rings. The number of unbranched alkanes of at least 4 members (excludes halogenated alkanes) is 30. The van der Waals surface area contributed by atoms with Crippen LogP contribution < -0.4 is 0 Å². The summed E-state index contributed by atoms with van der Waals surface area (Å²) in [5.74, 6) is -1.39. The van der Waals surface area contributed by atoms with E-state index in [0.717, 1.165) is 13.1 Å². The molecular weight excluding hydrogens is 684 g/mol. The van der Waals surface area contributed by atoms with Crippen molar-refractivity contribution in [2.45, 2.75) is 232 Å². The minimum Gasteiger partial charge on any atom is -0.481 e. The van der Waals surface area contributed by atoms with E-state index >= 15 is 0 Å². The molecule has 0 aromatic carbocycles. The van der Waals surface area contributed by atoms with E-state index < -0.39 is 11.9 Å². The van der Waals surface area contributed by atoms with Crippen molar-refractivity contribution in [2.24, 2.45) is 0 Å². The van der Waals surface area contributed by atoms with Crippen LogP contribution in [0.2, 0.25) is 0 Å². The fourth-order valence-corrected chi connectivity index (χ4v) is 6.66. The summed E-state index contributed by atoms with van der Waals surface area (Å²) >= 11 is 0. The van der Waals surface area contributed by atoms with Gasteiger partial charge in [0, 0.05) is 13.1 Å². The molecule has 0 rings (SSSR count). The molecule has 0 aromatic rings. The maximum absolute atomic E-state index is 10.5. The number of aliphatic carboxylic acids is 2. The van der Waals surface area contributed by atoms with Gasteiger partial charge in [0.25, 0.3) is 0 Å². The molecule has 2 N–H and O–H groups in total. The molecule has 0 amide bonds. The van der Waals surface area contributed by atoms with E-state index in [1.807, 2.05) is 14.1 Å². The Hall–Kier alpha value is -0.621. The van der Waals surface area contributed by atoms with Gasteiger partial charge >= 0.3 is 29.0 Å². The first kappa shape index (κ1) is 54.7. The minimum atomic E-state index is -0.696. The maximum Gasteiger partial charge on any atom is 1.00 e. The van der Waals surface area contributed by atoms with Crippen LogP contribution in [-0.2, 0) is 26.7 Å². The first-order valence-corrected chi connectivity index (χ1v) is 22.1. The molecule has 0 aromatic heterocycles. The summed E-state index contributed by atoms with van der Waals surface area (Å²) in [4.78, 5) is 25.3. The third kappa shape index (κ3) is 53.8. The van der Waals surface area contributed by atoms with Crippen LogP contribution >= 0.6 is 0 Å². The van der Waals surface area contributed by atoms with Gasteiger partial charge in [-0.05, 0) is 40.0 Å². The predicted octanol–water partition coefficient (Wildman–Crippen LogP) is 13.3. The van der Waals surface area contributed by atoms with Gasteiger partial charge in [-0.3, -0.25) is 9.59 Å². The van der Waals surface area contributed by atoms with Crippen LogP contribution in [0, 0.1) is 0 Å². The fourth-order valence-electron chi connectivity index (χ4n) is 6.66. The Kier molecular flexibility index (Phi) is 50.9. The van der Waals surface area contributed by atoms with Gasteiger partial charge in [0.2, 0.25) is 0 Å². The molecule has 0 saturated carbocycles. The van der Waals surface area contributed by atoms with Gasteiger partial charge in [0.05, 0.1) is 12.8 Å². The zero-order valence-corrected chi connectivity index (χ0v) is 35.7. The molecule has 6 nitrogen and oxygen atoms in total. The van der Waals surface area contributed by atoms with Crippen LogP contribution in [-0.4, -0.2) is 72.2 Å². The first-order chi connectivity index (χ1) is 24.3. The Morgan fingerprint density at radius 1 is 0.333 bits per heavy atom. The zero-order valence-electron chi connectivity index (χ0n) is 34.8. The summed E-state index contributed by atoms with van der Waals surface area (Å²) < 4.78 is 0. The number of carboxylic acid groups (broad SMARTS) is 2. The molecular formula is C44H90CuN2O4+. The van der Waals surface area contributed by atoms with Gasteiger partial charge in [-0.15, -0.1) is 0 Å². The van der Waals surface area contributed by atoms with E-state index in [4.69, 9.17) is 10.2 Å². The molecule has 0 aliphatic carbocycles. The van der Waals surface area contributed by atoms with E-state index in [1.165, 1.54) is 205 Å². The van der Waals surface area contributed by atoms with Crippen LogP contribution in [0.5, 0.6) is 0 Å². The summed E-state index contributed by atoms with van der Waals surface area (Å²) in [5, 5.41) is 17.3. The molecule has 0 unspecified atom stereocenters. The van der Waals surface area contributed by atoms with Gasteiger partial charge in [0.15, 0.2) is 0 Å². The van der Waals surface area contributed by atoms with Crippen LogP contribution in [0.3, 0.4) is 0 Å². The van der Waals surface area contributed by atoms with Crippen LogP contribution in [0.4, 0.5) is 0 Å². The topological polar surface area (TPSA) is 81.1 Å². The van der Waals surface area contributed by atoms with Crippen molar-refractivity contribution in [3.8, 4) is 0 Å². The third-order valence-electron chi connectivity index (χ3n) is 10.2. The van der Waals surface area contributed by atoms with Crippen molar-refractivity contribution in [1.82, 2.24) is 9.80 Å². The molecule has 51 heavy (non-hydrogen) atoms. The monoisotopic (exact) mass is 774 g/mol. The summed E-state index contributed by atoms with van der Waals surface area (Å²) in [6.45, 7) is 7.98. The number of nitrogens with zero attached hydrogens (tertiary/aromatic N) is 2. The maximum atomic E-state index is 10.5. The smallest absolute Gasteiger partial charge is 0.481 e. The van der Waals surface area contributed by atoms with Crippen molar-refractivity contribution in [3.63, 3.8) is 0 Å². The van der Waals surface area contributed by atoms with Crippen LogP contribution in [0.15, 0.2) is 0 Å². The quantitative estimate of drug-likeness (QED) is 0.0477. The van der Waals surface area contributed by atoms with E-state index in [-0.39, 0.29) is 29.9 Å². The van der Waals surface area contributed by atoms with Crippen LogP contribution in [0.25, 0.3) is 0 Å². The molecule has 7 heteroatoms. The molecule has 0 bridgehead atoms. The number of carboxylic acids is 2. The fraction of sp³-hybridized carbons (Fsp3) is 0.955. The van der Waals surface area contributed by atoms with Crippen LogP contribution in [0.1, 0.15) is 232 Å². The second-order valence-corrected chi connectivity index (χ2v) is 15.5. The molecule has 310 valence electrons. The number of rotatable bonds is 40. The summed E-state index contributed by atoms with van der Waals surface area (Å²) in [7, 11) is 4.04. The summed E-state index contributed by atoms with van der Waals surface area (Å²) in [6.07, 6.45) is 45.1. The molecule has 0 aliphatic heterocycles. The largest absolute Gasteiger partial charge is 1.00 e. The first-order valence-electron chi connectivity index (χ1n) is 22.1. The summed E-state index contributed by atoms with van der Waals surface area (Å²) in [5.41, 5.74) is 0. The molecule has 0 saturated heterocycles. The Labute approximate surface area is 329 Å². The van der Waals surface area contributed by atoms with Gasteiger partial charge in [-0.25, -0.2) is 0 Å². The van der Waals surface area contributed by atoms with Crippen molar-refractivity contribution in [1.29, 1.82) is 0 Å². The number of hydrogen-bond acceptors (Lipinski definition) is 4. The average Bonchev–Trinajstić information content (AvgIpc) is 3.09.